The monoisotopic (exact) mass is 408 g/mol. The van der Waals surface area contributed by atoms with Gasteiger partial charge in [0.15, 0.2) is 5.96 Å². The number of hydrogen-bond acceptors (Lipinski definition) is 5. The number of aliphatic imine (C=N–C) groups is 1. The largest absolute Gasteiger partial charge is 0.491 e. The van der Waals surface area contributed by atoms with Gasteiger partial charge in [-0.25, -0.2) is 4.79 Å². The summed E-state index contributed by atoms with van der Waals surface area (Å²) in [6, 6.07) is 6.10. The number of hydrogen-bond donors (Lipinski definition) is 3. The average molecular weight is 409 g/mol. The standard InChI is InChI=1S/C21H36N4O4/c1-7-27-12-13-28-18-14-16(2)8-9-17(18)15-25-19(22-6)23-10-11-24-20(26)29-21(3,4)5/h8-9,14H,7,10-13,15H2,1-6H3,(H,24,26)(H2,22,23,25). The molecule has 0 unspecified atom stereocenters. The van der Waals surface area contributed by atoms with Gasteiger partial charge < -0.3 is 30.2 Å². The van der Waals surface area contributed by atoms with E-state index in [1.54, 1.807) is 7.05 Å². The number of benzene rings is 1. The number of alkyl carbamates (subject to hydrolysis) is 1. The summed E-state index contributed by atoms with van der Waals surface area (Å²) in [6.45, 7) is 12.7. The number of rotatable bonds is 10. The molecule has 8 heteroatoms. The van der Waals surface area contributed by atoms with Crippen LogP contribution in [0.3, 0.4) is 0 Å². The Bertz CT molecular complexity index is 657. The lowest BCUT2D eigenvalue weighted by atomic mass is 10.1. The van der Waals surface area contributed by atoms with E-state index in [2.05, 4.69) is 20.9 Å². The Morgan fingerprint density at radius 1 is 1.10 bits per heavy atom. The van der Waals surface area contributed by atoms with E-state index < -0.39 is 11.7 Å². The fourth-order valence-electron chi connectivity index (χ4n) is 2.36. The smallest absolute Gasteiger partial charge is 0.407 e. The first-order chi connectivity index (χ1) is 13.7. The first-order valence-electron chi connectivity index (χ1n) is 9.96. The van der Waals surface area contributed by atoms with Gasteiger partial charge in [0.05, 0.1) is 6.61 Å². The van der Waals surface area contributed by atoms with E-state index in [1.165, 1.54) is 0 Å². The van der Waals surface area contributed by atoms with Crippen LogP contribution in [0.25, 0.3) is 0 Å². The molecule has 1 amide bonds. The molecule has 1 rings (SSSR count). The van der Waals surface area contributed by atoms with Crippen molar-refractivity contribution in [1.29, 1.82) is 0 Å². The Balaban J connectivity index is 2.45. The van der Waals surface area contributed by atoms with Gasteiger partial charge in [-0.05, 0) is 46.2 Å². The van der Waals surface area contributed by atoms with Crippen LogP contribution in [0, 0.1) is 6.92 Å². The van der Waals surface area contributed by atoms with E-state index in [9.17, 15) is 4.79 Å². The Morgan fingerprint density at radius 2 is 1.83 bits per heavy atom. The molecule has 0 aliphatic heterocycles. The summed E-state index contributed by atoms with van der Waals surface area (Å²) in [6.07, 6.45) is -0.434. The summed E-state index contributed by atoms with van der Waals surface area (Å²) >= 11 is 0. The third-order valence-corrected chi connectivity index (χ3v) is 3.67. The highest BCUT2D eigenvalue weighted by molar-refractivity contribution is 5.79. The summed E-state index contributed by atoms with van der Waals surface area (Å²) in [7, 11) is 1.70. The van der Waals surface area contributed by atoms with Crippen LogP contribution < -0.4 is 20.7 Å². The molecule has 0 heterocycles. The zero-order chi connectivity index (χ0) is 21.7. The van der Waals surface area contributed by atoms with Crippen LogP contribution in [0.15, 0.2) is 23.2 Å². The second-order valence-corrected chi connectivity index (χ2v) is 7.44. The fourth-order valence-corrected chi connectivity index (χ4v) is 2.36. The molecule has 8 nitrogen and oxygen atoms in total. The van der Waals surface area contributed by atoms with Crippen molar-refractivity contribution in [2.45, 2.75) is 46.8 Å². The molecular weight excluding hydrogens is 372 g/mol. The summed E-state index contributed by atoms with van der Waals surface area (Å²) in [4.78, 5) is 15.8. The highest BCUT2D eigenvalue weighted by Gasteiger charge is 2.15. The van der Waals surface area contributed by atoms with Crippen LogP contribution in [0.4, 0.5) is 4.79 Å². The number of nitrogens with zero attached hydrogens (tertiary/aromatic N) is 1. The molecule has 0 bridgehead atoms. The molecule has 0 atom stereocenters. The minimum atomic E-state index is -0.508. The van der Waals surface area contributed by atoms with Crippen LogP contribution in [0.2, 0.25) is 0 Å². The maximum Gasteiger partial charge on any atom is 0.407 e. The predicted molar refractivity (Wildman–Crippen MR) is 116 cm³/mol. The Hall–Kier alpha value is -2.48. The van der Waals surface area contributed by atoms with Gasteiger partial charge in [-0.3, -0.25) is 4.99 Å². The van der Waals surface area contributed by atoms with Crippen LogP contribution in [-0.4, -0.2) is 57.6 Å². The van der Waals surface area contributed by atoms with Crippen molar-refractivity contribution in [1.82, 2.24) is 16.0 Å². The molecule has 1 aromatic rings. The summed E-state index contributed by atoms with van der Waals surface area (Å²) in [5, 5.41) is 9.12. The van der Waals surface area contributed by atoms with Gasteiger partial charge in [-0.1, -0.05) is 12.1 Å². The highest BCUT2D eigenvalue weighted by atomic mass is 16.6. The van der Waals surface area contributed by atoms with Gasteiger partial charge in [-0.2, -0.15) is 0 Å². The highest BCUT2D eigenvalue weighted by Crippen LogP contribution is 2.20. The molecule has 29 heavy (non-hydrogen) atoms. The van der Waals surface area contributed by atoms with Crippen LogP contribution in [-0.2, 0) is 16.0 Å². The number of amides is 1. The predicted octanol–water partition coefficient (Wildman–Crippen LogP) is 2.60. The Morgan fingerprint density at radius 3 is 2.48 bits per heavy atom. The van der Waals surface area contributed by atoms with Crippen LogP contribution in [0.1, 0.15) is 38.8 Å². The number of carbonyl (C=O) groups is 1. The molecule has 0 aliphatic carbocycles. The van der Waals surface area contributed by atoms with Gasteiger partial charge in [0.1, 0.15) is 18.0 Å². The van der Waals surface area contributed by atoms with E-state index in [-0.39, 0.29) is 0 Å². The molecule has 0 aromatic heterocycles. The van der Waals surface area contributed by atoms with Gasteiger partial charge in [0.25, 0.3) is 0 Å². The van der Waals surface area contributed by atoms with E-state index in [1.807, 2.05) is 52.8 Å². The topological polar surface area (TPSA) is 93.2 Å². The maximum atomic E-state index is 11.6. The van der Waals surface area contributed by atoms with Crippen LogP contribution >= 0.6 is 0 Å². The summed E-state index contributed by atoms with van der Waals surface area (Å²) in [5.41, 5.74) is 1.66. The molecule has 0 spiro atoms. The molecule has 0 saturated carbocycles. The third kappa shape index (κ3) is 11.2. The minimum absolute atomic E-state index is 0.423. The second-order valence-electron chi connectivity index (χ2n) is 7.44. The van der Waals surface area contributed by atoms with Gasteiger partial charge in [-0.15, -0.1) is 0 Å². The zero-order valence-corrected chi connectivity index (χ0v) is 18.6. The molecule has 0 radical (unpaired) electrons. The number of guanidine groups is 1. The van der Waals surface area contributed by atoms with Gasteiger partial charge >= 0.3 is 6.09 Å². The molecule has 164 valence electrons. The molecule has 1 aromatic carbocycles. The zero-order valence-electron chi connectivity index (χ0n) is 18.6. The number of aryl methyl sites for hydroxylation is 1. The molecule has 0 fully saturated rings. The Kier molecular flexibility index (Phi) is 10.9. The first-order valence-corrected chi connectivity index (χ1v) is 9.96. The SMILES string of the molecule is CCOCCOc1cc(C)ccc1CNC(=NC)NCCNC(=O)OC(C)(C)C. The second kappa shape index (κ2) is 12.9. The molecular formula is C21H36N4O4. The lowest BCUT2D eigenvalue weighted by Crippen LogP contribution is -2.42. The first kappa shape index (κ1) is 24.6. The van der Waals surface area contributed by atoms with Crippen molar-refractivity contribution in [2.75, 3.05) is 40.0 Å². The van der Waals surface area contributed by atoms with E-state index in [4.69, 9.17) is 14.2 Å². The number of ether oxygens (including phenoxy) is 3. The minimum Gasteiger partial charge on any atom is -0.491 e. The number of nitrogens with one attached hydrogen (secondary N) is 3. The van der Waals surface area contributed by atoms with E-state index in [0.717, 1.165) is 16.9 Å². The normalized spacial score (nSPS) is 11.7. The van der Waals surface area contributed by atoms with Gasteiger partial charge in [0, 0.05) is 38.9 Å². The lowest BCUT2D eigenvalue weighted by Gasteiger charge is -2.20. The van der Waals surface area contributed by atoms with Gasteiger partial charge in [0.2, 0.25) is 0 Å². The van der Waals surface area contributed by atoms with E-state index in [0.29, 0.717) is 45.4 Å². The average Bonchev–Trinajstić information content (AvgIpc) is 2.64. The van der Waals surface area contributed by atoms with Crippen molar-refractivity contribution in [3.63, 3.8) is 0 Å². The molecule has 3 N–H and O–H groups in total. The molecule has 0 saturated heterocycles. The molecule has 0 aliphatic rings. The van der Waals surface area contributed by atoms with Crippen molar-refractivity contribution >= 4 is 12.1 Å². The third-order valence-electron chi connectivity index (χ3n) is 3.67. The van der Waals surface area contributed by atoms with Crippen molar-refractivity contribution in [3.05, 3.63) is 29.3 Å². The van der Waals surface area contributed by atoms with Crippen molar-refractivity contribution in [2.24, 2.45) is 4.99 Å². The van der Waals surface area contributed by atoms with Crippen molar-refractivity contribution in [3.8, 4) is 5.75 Å². The van der Waals surface area contributed by atoms with Crippen LogP contribution in [0.5, 0.6) is 5.75 Å². The number of carbonyl (C=O) groups excluding carboxylic acids is 1. The Labute approximate surface area is 174 Å². The quantitative estimate of drug-likeness (QED) is 0.313. The fraction of sp³-hybridized carbons (Fsp3) is 0.619. The van der Waals surface area contributed by atoms with E-state index >= 15 is 0 Å². The lowest BCUT2D eigenvalue weighted by molar-refractivity contribution is 0.0529. The van der Waals surface area contributed by atoms with Crippen molar-refractivity contribution < 1.29 is 19.0 Å². The summed E-state index contributed by atoms with van der Waals surface area (Å²) < 4.78 is 16.4. The maximum absolute atomic E-state index is 11.6. The summed E-state index contributed by atoms with van der Waals surface area (Å²) in [5.74, 6) is 1.47.